The van der Waals surface area contributed by atoms with Gasteiger partial charge in [-0.3, -0.25) is 9.97 Å². The van der Waals surface area contributed by atoms with Gasteiger partial charge in [-0.1, -0.05) is 36.4 Å². The van der Waals surface area contributed by atoms with Gasteiger partial charge in [-0.15, -0.1) is 0 Å². The minimum absolute atomic E-state index is 0.0597. The van der Waals surface area contributed by atoms with Crippen LogP contribution in [0.2, 0.25) is 0 Å². The minimum atomic E-state index is -2.76. The molecule has 0 amide bonds. The van der Waals surface area contributed by atoms with E-state index in [0.29, 0.717) is 17.0 Å². The molecule has 0 saturated carbocycles. The van der Waals surface area contributed by atoms with Crippen LogP contribution >= 0.6 is 0 Å². The summed E-state index contributed by atoms with van der Waals surface area (Å²) in [5, 5.41) is 9.49. The summed E-state index contributed by atoms with van der Waals surface area (Å²) >= 11 is 0. The van der Waals surface area contributed by atoms with Crippen LogP contribution in [0.15, 0.2) is 91.3 Å². The van der Waals surface area contributed by atoms with Crippen molar-refractivity contribution in [2.24, 2.45) is 0 Å². The van der Waals surface area contributed by atoms with Crippen LogP contribution < -0.4 is 4.72 Å². The van der Waals surface area contributed by atoms with Crippen LogP contribution in [-0.2, 0) is 17.4 Å². The number of rotatable bonds is 8. The van der Waals surface area contributed by atoms with Crippen molar-refractivity contribution >= 4 is 10.9 Å². The van der Waals surface area contributed by atoms with E-state index in [9.17, 15) is 18.1 Å². The number of nitrogens with zero attached hydrogens (tertiary/aromatic N) is 3. The van der Waals surface area contributed by atoms with Crippen molar-refractivity contribution in [2.75, 3.05) is 0 Å². The number of nitrogens with one attached hydrogen (secondary N) is 1. The molecule has 0 aliphatic rings. The number of thiol groups is 1. The molecule has 2 unspecified atom stereocenters. The average Bonchev–Trinajstić information content (AvgIpc) is 2.87. The Morgan fingerprint density at radius 2 is 1.68 bits per heavy atom. The largest absolute Gasteiger partial charge is 0.264 e. The van der Waals surface area contributed by atoms with Gasteiger partial charge in [0.2, 0.25) is 10.9 Å². The van der Waals surface area contributed by atoms with Gasteiger partial charge in [0.25, 0.3) is 0 Å². The summed E-state index contributed by atoms with van der Waals surface area (Å²) < 4.78 is 38.2. The lowest BCUT2D eigenvalue weighted by Crippen LogP contribution is -2.18. The van der Waals surface area contributed by atoms with Crippen molar-refractivity contribution in [3.8, 4) is 6.07 Å². The number of aromatic nitrogens is 2. The SMILES string of the molecule is N#Cc1cccc(C(c2cccnc2)C(c2ccc(F)cc2)c2cccc(CN[SH](=O)=O)n2)c1. The summed E-state index contributed by atoms with van der Waals surface area (Å²) in [6.07, 6.45) is 3.46. The summed E-state index contributed by atoms with van der Waals surface area (Å²) in [4.78, 5) is 9.05. The van der Waals surface area contributed by atoms with E-state index >= 15 is 0 Å². The second-order valence-corrected chi connectivity index (χ2v) is 8.51. The molecule has 2 heterocycles. The van der Waals surface area contributed by atoms with Crippen LogP contribution in [0.5, 0.6) is 0 Å². The number of halogens is 1. The van der Waals surface area contributed by atoms with E-state index in [0.717, 1.165) is 16.7 Å². The van der Waals surface area contributed by atoms with E-state index in [-0.39, 0.29) is 24.2 Å². The second-order valence-electron chi connectivity index (χ2n) is 7.68. The number of hydrogen-bond donors (Lipinski definition) is 2. The molecule has 6 nitrogen and oxygen atoms in total. The summed E-state index contributed by atoms with van der Waals surface area (Å²) in [7, 11) is -2.76. The van der Waals surface area contributed by atoms with Gasteiger partial charge in [0, 0.05) is 29.9 Å². The lowest BCUT2D eigenvalue weighted by molar-refractivity contribution is 0.600. The van der Waals surface area contributed by atoms with Crippen molar-refractivity contribution < 1.29 is 12.8 Å². The molecule has 1 N–H and O–H groups in total. The van der Waals surface area contributed by atoms with E-state index in [1.54, 1.807) is 36.7 Å². The maximum Gasteiger partial charge on any atom is 0.201 e. The Labute approximate surface area is 198 Å². The van der Waals surface area contributed by atoms with Crippen molar-refractivity contribution in [1.82, 2.24) is 14.7 Å². The number of pyridine rings is 2. The molecule has 2 atom stereocenters. The van der Waals surface area contributed by atoms with Gasteiger partial charge < -0.3 is 0 Å². The zero-order valence-electron chi connectivity index (χ0n) is 18.0. The van der Waals surface area contributed by atoms with E-state index in [1.807, 2.05) is 42.5 Å². The Morgan fingerprint density at radius 1 is 0.912 bits per heavy atom. The van der Waals surface area contributed by atoms with Crippen molar-refractivity contribution in [3.63, 3.8) is 0 Å². The zero-order valence-corrected chi connectivity index (χ0v) is 18.9. The fraction of sp³-hybridized carbons (Fsp3) is 0.115. The molecule has 0 spiro atoms. The van der Waals surface area contributed by atoms with Crippen LogP contribution in [0.3, 0.4) is 0 Å². The first-order valence-corrected chi connectivity index (χ1v) is 11.7. The van der Waals surface area contributed by atoms with Gasteiger partial charge in [-0.25, -0.2) is 17.5 Å². The van der Waals surface area contributed by atoms with Gasteiger partial charge in [-0.2, -0.15) is 5.26 Å². The van der Waals surface area contributed by atoms with Crippen LogP contribution in [0, 0.1) is 17.1 Å². The fourth-order valence-corrected chi connectivity index (χ4v) is 4.35. The van der Waals surface area contributed by atoms with Crippen LogP contribution in [0.4, 0.5) is 4.39 Å². The molecule has 0 aliphatic heterocycles. The van der Waals surface area contributed by atoms with Gasteiger partial charge in [0.1, 0.15) is 5.82 Å². The summed E-state index contributed by atoms with van der Waals surface area (Å²) in [5.41, 5.74) is 4.37. The third kappa shape index (κ3) is 5.52. The standard InChI is InChI=1S/C26H21FN4O2S/c27-22-11-9-19(10-12-22)26(24-8-2-7-23(31-24)17-30-34(32)33)25(21-6-3-13-29-16-21)20-5-1-4-18(14-20)15-28/h1-14,16,25-26,34H,17H2,(H,30,32,33). The predicted octanol–water partition coefficient (Wildman–Crippen LogP) is 4.07. The van der Waals surface area contributed by atoms with E-state index < -0.39 is 10.9 Å². The minimum Gasteiger partial charge on any atom is -0.264 e. The van der Waals surface area contributed by atoms with E-state index in [4.69, 9.17) is 4.98 Å². The first kappa shape index (κ1) is 23.2. The molecule has 4 rings (SSSR count). The second kappa shape index (κ2) is 10.8. The summed E-state index contributed by atoms with van der Waals surface area (Å²) in [5.74, 6) is -1.00. The lowest BCUT2D eigenvalue weighted by Gasteiger charge is -2.29. The normalized spacial score (nSPS) is 12.7. The molecule has 0 bridgehead atoms. The van der Waals surface area contributed by atoms with Gasteiger partial charge >= 0.3 is 0 Å². The highest BCUT2D eigenvalue weighted by atomic mass is 32.2. The summed E-state index contributed by atoms with van der Waals surface area (Å²) in [6, 6.07) is 25.0. The van der Waals surface area contributed by atoms with E-state index in [2.05, 4.69) is 15.8 Å². The average molecular weight is 473 g/mol. The molecule has 0 fully saturated rings. The number of benzene rings is 2. The monoisotopic (exact) mass is 472 g/mol. The fourth-order valence-electron chi connectivity index (χ4n) is 4.06. The highest BCUT2D eigenvalue weighted by Crippen LogP contribution is 2.42. The predicted molar refractivity (Wildman–Crippen MR) is 127 cm³/mol. The Bertz CT molecular complexity index is 1380. The number of hydrogen-bond acceptors (Lipinski definition) is 5. The van der Waals surface area contributed by atoms with E-state index in [1.165, 1.54) is 12.1 Å². The van der Waals surface area contributed by atoms with Crippen molar-refractivity contribution in [3.05, 3.63) is 131 Å². The first-order valence-electron chi connectivity index (χ1n) is 10.5. The zero-order chi connectivity index (χ0) is 23.9. The molecule has 0 saturated heterocycles. The number of nitriles is 1. The van der Waals surface area contributed by atoms with Gasteiger partial charge in [-0.05, 0) is 59.2 Å². The molecule has 0 aliphatic carbocycles. The lowest BCUT2D eigenvalue weighted by atomic mass is 9.75. The van der Waals surface area contributed by atoms with Crippen LogP contribution in [0.1, 0.15) is 45.5 Å². The molecule has 170 valence electrons. The highest BCUT2D eigenvalue weighted by molar-refractivity contribution is 7.70. The maximum absolute atomic E-state index is 13.8. The maximum atomic E-state index is 13.8. The molecular weight excluding hydrogens is 451 g/mol. The molecule has 8 heteroatoms. The Balaban J connectivity index is 1.92. The third-order valence-electron chi connectivity index (χ3n) is 5.52. The molecule has 2 aromatic heterocycles. The van der Waals surface area contributed by atoms with Crippen LogP contribution in [-0.4, -0.2) is 18.4 Å². The molecule has 0 radical (unpaired) electrons. The molecule has 2 aromatic carbocycles. The van der Waals surface area contributed by atoms with Crippen molar-refractivity contribution in [1.29, 1.82) is 5.26 Å². The van der Waals surface area contributed by atoms with Crippen molar-refractivity contribution in [2.45, 2.75) is 18.4 Å². The van der Waals surface area contributed by atoms with Crippen LogP contribution in [0.25, 0.3) is 0 Å². The first-order chi connectivity index (χ1) is 16.5. The molecular formula is C26H21FN4O2S. The summed E-state index contributed by atoms with van der Waals surface area (Å²) in [6.45, 7) is 0.0597. The Morgan fingerprint density at radius 3 is 2.38 bits per heavy atom. The Kier molecular flexibility index (Phi) is 7.38. The quantitative estimate of drug-likeness (QED) is 0.377. The van der Waals surface area contributed by atoms with Gasteiger partial charge in [0.05, 0.1) is 23.9 Å². The highest BCUT2D eigenvalue weighted by Gasteiger charge is 2.30. The smallest absolute Gasteiger partial charge is 0.201 e. The molecule has 4 aromatic rings. The Hall–Kier alpha value is -3.93. The molecule has 34 heavy (non-hydrogen) atoms. The topological polar surface area (TPSA) is 95.7 Å². The third-order valence-corrected chi connectivity index (χ3v) is 5.93. The van der Waals surface area contributed by atoms with Gasteiger partial charge in [0.15, 0.2) is 0 Å².